The molecular formula is C21H22N2O. The lowest BCUT2D eigenvalue weighted by Gasteiger charge is -2.12. The van der Waals surface area contributed by atoms with E-state index in [1.807, 2.05) is 58.9 Å². The highest BCUT2D eigenvalue weighted by Gasteiger charge is 2.13. The third-order valence-electron chi connectivity index (χ3n) is 4.11. The first kappa shape index (κ1) is 17.5. The van der Waals surface area contributed by atoms with Crippen LogP contribution in [0.4, 0.5) is 5.69 Å². The molecule has 0 bridgehead atoms. The van der Waals surface area contributed by atoms with Crippen molar-refractivity contribution in [2.45, 2.75) is 34.6 Å². The Morgan fingerprint density at radius 1 is 1.00 bits per heavy atom. The Bertz CT molecular complexity index is 827. The normalized spacial score (nSPS) is 11.1. The topological polar surface area (TPSA) is 52.9 Å². The van der Waals surface area contributed by atoms with E-state index in [4.69, 9.17) is 0 Å². The molecule has 3 nitrogen and oxygen atoms in total. The van der Waals surface area contributed by atoms with E-state index in [2.05, 4.69) is 17.4 Å². The number of benzene rings is 2. The summed E-state index contributed by atoms with van der Waals surface area (Å²) in [7, 11) is 0. The number of anilines is 1. The zero-order valence-electron chi connectivity index (χ0n) is 14.8. The highest BCUT2D eigenvalue weighted by Crippen LogP contribution is 2.22. The highest BCUT2D eigenvalue weighted by molar-refractivity contribution is 6.10. The summed E-state index contributed by atoms with van der Waals surface area (Å²) in [5.41, 5.74) is 7.02. The van der Waals surface area contributed by atoms with Gasteiger partial charge in [-0.15, -0.1) is 0 Å². The summed E-state index contributed by atoms with van der Waals surface area (Å²) in [4.78, 5) is 12.5. The Balaban J connectivity index is 2.39. The van der Waals surface area contributed by atoms with Crippen molar-refractivity contribution in [2.75, 3.05) is 5.32 Å². The van der Waals surface area contributed by atoms with Gasteiger partial charge >= 0.3 is 0 Å². The number of amides is 1. The minimum Gasteiger partial charge on any atom is -0.321 e. The molecule has 2 aromatic carbocycles. The molecule has 0 heterocycles. The van der Waals surface area contributed by atoms with Crippen LogP contribution in [0.1, 0.15) is 33.4 Å². The van der Waals surface area contributed by atoms with Gasteiger partial charge in [-0.2, -0.15) is 5.26 Å². The van der Waals surface area contributed by atoms with Crippen LogP contribution in [0, 0.1) is 45.9 Å². The van der Waals surface area contributed by atoms with Crippen LogP contribution in [0.15, 0.2) is 35.9 Å². The predicted octanol–water partition coefficient (Wildman–Crippen LogP) is 4.77. The minimum atomic E-state index is -0.380. The first-order chi connectivity index (χ1) is 11.3. The molecule has 0 saturated carbocycles. The van der Waals surface area contributed by atoms with Crippen LogP contribution in [0.5, 0.6) is 0 Å². The maximum absolute atomic E-state index is 12.5. The molecule has 0 saturated heterocycles. The first-order valence-electron chi connectivity index (χ1n) is 7.90. The molecule has 0 aliphatic heterocycles. The van der Waals surface area contributed by atoms with Gasteiger partial charge in [0.2, 0.25) is 0 Å². The summed E-state index contributed by atoms with van der Waals surface area (Å²) < 4.78 is 0. The number of para-hydroxylation sites is 1. The molecule has 0 aromatic heterocycles. The zero-order valence-corrected chi connectivity index (χ0v) is 14.8. The van der Waals surface area contributed by atoms with Crippen LogP contribution < -0.4 is 5.32 Å². The number of hydrogen-bond donors (Lipinski definition) is 1. The Labute approximate surface area is 143 Å². The number of nitrogens with one attached hydrogen (secondary N) is 1. The lowest BCUT2D eigenvalue weighted by Crippen LogP contribution is -2.15. The van der Waals surface area contributed by atoms with Crippen molar-refractivity contribution in [3.05, 3.63) is 69.3 Å². The summed E-state index contributed by atoms with van der Waals surface area (Å²) >= 11 is 0. The van der Waals surface area contributed by atoms with E-state index in [0.717, 1.165) is 33.5 Å². The molecule has 2 rings (SSSR count). The van der Waals surface area contributed by atoms with E-state index in [1.54, 1.807) is 6.08 Å². The molecular weight excluding hydrogens is 296 g/mol. The fraction of sp³-hybridized carbons (Fsp3) is 0.238. The molecule has 0 aliphatic rings. The Morgan fingerprint density at radius 2 is 1.54 bits per heavy atom. The number of aryl methyl sites for hydroxylation is 5. The van der Waals surface area contributed by atoms with Gasteiger partial charge in [0.05, 0.1) is 0 Å². The maximum atomic E-state index is 12.5. The lowest BCUT2D eigenvalue weighted by atomic mass is 9.98. The van der Waals surface area contributed by atoms with Crippen molar-refractivity contribution in [3.8, 4) is 6.07 Å². The van der Waals surface area contributed by atoms with Crippen molar-refractivity contribution >= 4 is 17.7 Å². The molecule has 3 heteroatoms. The van der Waals surface area contributed by atoms with Gasteiger partial charge in [-0.1, -0.05) is 35.9 Å². The van der Waals surface area contributed by atoms with Gasteiger partial charge in [0.25, 0.3) is 5.91 Å². The molecule has 1 N–H and O–H groups in total. The summed E-state index contributed by atoms with van der Waals surface area (Å²) in [6.45, 7) is 9.89. The van der Waals surface area contributed by atoms with Gasteiger partial charge in [-0.05, 0) is 68.5 Å². The fourth-order valence-electron chi connectivity index (χ4n) is 2.90. The molecule has 0 unspecified atom stereocenters. The van der Waals surface area contributed by atoms with Crippen LogP contribution in [0.25, 0.3) is 6.08 Å². The molecule has 1 amide bonds. The lowest BCUT2D eigenvalue weighted by molar-refractivity contribution is -0.112. The molecule has 122 valence electrons. The summed E-state index contributed by atoms with van der Waals surface area (Å²) in [5, 5.41) is 12.3. The third kappa shape index (κ3) is 3.72. The van der Waals surface area contributed by atoms with E-state index in [0.29, 0.717) is 0 Å². The zero-order chi connectivity index (χ0) is 17.9. The minimum absolute atomic E-state index is 0.104. The SMILES string of the molecule is Cc1cc(C)c(/C=C(\C#N)C(=O)Nc2c(C)cccc2C)c(C)c1. The summed E-state index contributed by atoms with van der Waals surface area (Å²) in [6.07, 6.45) is 1.67. The second-order valence-corrected chi connectivity index (χ2v) is 6.20. The number of carbonyl (C=O) groups is 1. The second-order valence-electron chi connectivity index (χ2n) is 6.20. The number of nitrogens with zero attached hydrogens (tertiary/aromatic N) is 1. The molecule has 0 atom stereocenters. The summed E-state index contributed by atoms with van der Waals surface area (Å²) in [5.74, 6) is -0.380. The molecule has 0 aliphatic carbocycles. The quantitative estimate of drug-likeness (QED) is 0.654. The van der Waals surface area contributed by atoms with Crippen molar-refractivity contribution in [3.63, 3.8) is 0 Å². The van der Waals surface area contributed by atoms with E-state index in [9.17, 15) is 10.1 Å². The van der Waals surface area contributed by atoms with Crippen LogP contribution in [0.2, 0.25) is 0 Å². The second kappa shape index (κ2) is 7.14. The Hall–Kier alpha value is -2.86. The average Bonchev–Trinajstić information content (AvgIpc) is 2.50. The number of carbonyl (C=O) groups excluding carboxylic acids is 1. The molecule has 0 spiro atoms. The maximum Gasteiger partial charge on any atom is 0.266 e. The molecule has 24 heavy (non-hydrogen) atoms. The standard InChI is InChI=1S/C21H22N2O/c1-13-9-16(4)19(17(5)10-13)11-18(12-22)21(24)23-20-14(2)7-6-8-15(20)3/h6-11H,1-5H3,(H,23,24)/b18-11+. The van der Waals surface area contributed by atoms with Crippen LogP contribution in [-0.4, -0.2) is 5.91 Å². The van der Waals surface area contributed by atoms with Gasteiger partial charge in [0, 0.05) is 5.69 Å². The number of rotatable bonds is 3. The van der Waals surface area contributed by atoms with Crippen molar-refractivity contribution < 1.29 is 4.79 Å². The fourth-order valence-corrected chi connectivity index (χ4v) is 2.90. The van der Waals surface area contributed by atoms with E-state index in [1.165, 1.54) is 5.56 Å². The van der Waals surface area contributed by atoms with Gasteiger partial charge in [0.1, 0.15) is 11.6 Å². The van der Waals surface area contributed by atoms with Crippen LogP contribution in [0.3, 0.4) is 0 Å². The Morgan fingerprint density at radius 3 is 2.04 bits per heavy atom. The average molecular weight is 318 g/mol. The predicted molar refractivity (Wildman–Crippen MR) is 98.8 cm³/mol. The van der Waals surface area contributed by atoms with Gasteiger partial charge in [-0.3, -0.25) is 4.79 Å². The van der Waals surface area contributed by atoms with Gasteiger partial charge in [0.15, 0.2) is 0 Å². The largest absolute Gasteiger partial charge is 0.321 e. The van der Waals surface area contributed by atoms with Gasteiger partial charge < -0.3 is 5.32 Å². The van der Waals surface area contributed by atoms with E-state index >= 15 is 0 Å². The smallest absolute Gasteiger partial charge is 0.266 e. The highest BCUT2D eigenvalue weighted by atomic mass is 16.1. The van der Waals surface area contributed by atoms with Crippen LogP contribution in [-0.2, 0) is 4.79 Å². The van der Waals surface area contributed by atoms with E-state index in [-0.39, 0.29) is 11.5 Å². The number of hydrogen-bond acceptors (Lipinski definition) is 2. The van der Waals surface area contributed by atoms with Crippen molar-refractivity contribution in [1.29, 1.82) is 5.26 Å². The van der Waals surface area contributed by atoms with Gasteiger partial charge in [-0.25, -0.2) is 0 Å². The molecule has 2 aromatic rings. The monoisotopic (exact) mass is 318 g/mol. The molecule has 0 fully saturated rings. The number of nitriles is 1. The molecule has 0 radical (unpaired) electrons. The summed E-state index contributed by atoms with van der Waals surface area (Å²) in [6, 6.07) is 12.0. The third-order valence-corrected chi connectivity index (χ3v) is 4.11. The van der Waals surface area contributed by atoms with E-state index < -0.39 is 0 Å². The van der Waals surface area contributed by atoms with Crippen molar-refractivity contribution in [1.82, 2.24) is 0 Å². The van der Waals surface area contributed by atoms with Crippen molar-refractivity contribution in [2.24, 2.45) is 0 Å². The Kier molecular flexibility index (Phi) is 5.21. The van der Waals surface area contributed by atoms with Crippen LogP contribution >= 0.6 is 0 Å². The first-order valence-corrected chi connectivity index (χ1v) is 7.90.